The van der Waals surface area contributed by atoms with Gasteiger partial charge in [-0.3, -0.25) is 0 Å². The van der Waals surface area contributed by atoms with E-state index in [4.69, 9.17) is 4.74 Å². The van der Waals surface area contributed by atoms with Gasteiger partial charge >= 0.3 is 0 Å². The molecule has 1 saturated carbocycles. The molecule has 0 atom stereocenters. The molecule has 0 aromatic carbocycles. The fourth-order valence-electron chi connectivity index (χ4n) is 3.21. The van der Waals surface area contributed by atoms with Crippen molar-refractivity contribution in [1.29, 1.82) is 0 Å². The number of nitrogens with one attached hydrogen (secondary N) is 2. The summed E-state index contributed by atoms with van der Waals surface area (Å²) in [6.07, 6.45) is 3.40. The summed E-state index contributed by atoms with van der Waals surface area (Å²) in [6, 6.07) is 11.7. The Balaban J connectivity index is 1.55. The molecule has 4 rings (SSSR count). The van der Waals surface area contributed by atoms with Crippen LogP contribution < -0.4 is 15.4 Å². The predicted octanol–water partition coefficient (Wildman–Crippen LogP) is 2.59. The van der Waals surface area contributed by atoms with Crippen molar-refractivity contribution in [1.82, 2.24) is 19.6 Å². The molecule has 0 aliphatic heterocycles. The molecule has 3 aromatic heterocycles. The number of anilines is 3. The molecule has 3 heterocycles. The summed E-state index contributed by atoms with van der Waals surface area (Å²) in [6.45, 7) is 0. The summed E-state index contributed by atoms with van der Waals surface area (Å²) < 4.78 is 6.92. The van der Waals surface area contributed by atoms with Gasteiger partial charge in [-0.1, -0.05) is 12.1 Å². The molecule has 1 fully saturated rings. The van der Waals surface area contributed by atoms with Gasteiger partial charge in [0.15, 0.2) is 5.65 Å². The Bertz CT molecular complexity index is 888. The predicted molar refractivity (Wildman–Crippen MR) is 98.9 cm³/mol. The number of hydrogen-bond acceptors (Lipinski definition) is 7. The van der Waals surface area contributed by atoms with E-state index in [1.807, 2.05) is 30.3 Å². The van der Waals surface area contributed by atoms with Crippen molar-refractivity contribution < 1.29 is 9.84 Å². The van der Waals surface area contributed by atoms with E-state index in [0.29, 0.717) is 23.7 Å². The first kappa shape index (κ1) is 16.6. The number of aromatic nitrogens is 4. The molecule has 0 bridgehead atoms. The zero-order valence-corrected chi connectivity index (χ0v) is 14.6. The standard InChI is InChI=1S/C18H22N6O2/c1-26-17-7-2-4-14(20-17)21-18-22-16-6-3-5-15(24(16)23-18)19-12-8-10-13(25)11-9-12/h2-7,12-13,19,25H,8-11H2,1H3,(H,20,21,23)/t12-,13+. The molecule has 0 radical (unpaired) electrons. The zero-order chi connectivity index (χ0) is 17.9. The van der Waals surface area contributed by atoms with Gasteiger partial charge in [0.2, 0.25) is 11.8 Å². The summed E-state index contributed by atoms with van der Waals surface area (Å²) in [5, 5.41) is 20.8. The number of rotatable bonds is 5. The van der Waals surface area contributed by atoms with Crippen molar-refractivity contribution >= 4 is 23.2 Å². The van der Waals surface area contributed by atoms with Crippen LogP contribution in [-0.2, 0) is 0 Å². The van der Waals surface area contributed by atoms with Gasteiger partial charge in [0.05, 0.1) is 13.2 Å². The van der Waals surface area contributed by atoms with Gasteiger partial charge in [0.1, 0.15) is 11.6 Å². The van der Waals surface area contributed by atoms with Gasteiger partial charge in [0.25, 0.3) is 0 Å². The average molecular weight is 354 g/mol. The molecule has 26 heavy (non-hydrogen) atoms. The van der Waals surface area contributed by atoms with E-state index in [0.717, 1.165) is 37.1 Å². The quantitative estimate of drug-likeness (QED) is 0.648. The lowest BCUT2D eigenvalue weighted by Gasteiger charge is -2.26. The minimum absolute atomic E-state index is 0.165. The van der Waals surface area contributed by atoms with Crippen LogP contribution >= 0.6 is 0 Å². The lowest BCUT2D eigenvalue weighted by molar-refractivity contribution is 0.126. The van der Waals surface area contributed by atoms with Gasteiger partial charge in [-0.25, -0.2) is 0 Å². The van der Waals surface area contributed by atoms with Crippen LogP contribution in [0.3, 0.4) is 0 Å². The van der Waals surface area contributed by atoms with Crippen LogP contribution in [0.25, 0.3) is 5.65 Å². The fraction of sp³-hybridized carbons (Fsp3) is 0.389. The third-order valence-corrected chi connectivity index (χ3v) is 4.58. The van der Waals surface area contributed by atoms with Gasteiger partial charge in [-0.15, -0.1) is 5.10 Å². The summed E-state index contributed by atoms with van der Waals surface area (Å²) in [5.74, 6) is 2.51. The smallest absolute Gasteiger partial charge is 0.248 e. The number of hydrogen-bond donors (Lipinski definition) is 3. The number of nitrogens with zero attached hydrogens (tertiary/aromatic N) is 4. The molecule has 0 spiro atoms. The molecular formula is C18H22N6O2. The molecule has 0 unspecified atom stereocenters. The molecular weight excluding hydrogens is 332 g/mol. The van der Waals surface area contributed by atoms with Crippen LogP contribution in [0.1, 0.15) is 25.7 Å². The molecule has 1 aliphatic rings. The van der Waals surface area contributed by atoms with E-state index in [1.54, 1.807) is 17.7 Å². The maximum atomic E-state index is 9.67. The summed E-state index contributed by atoms with van der Waals surface area (Å²) >= 11 is 0. The summed E-state index contributed by atoms with van der Waals surface area (Å²) in [7, 11) is 1.58. The zero-order valence-electron chi connectivity index (χ0n) is 14.6. The van der Waals surface area contributed by atoms with Gasteiger partial charge in [-0.2, -0.15) is 14.5 Å². The van der Waals surface area contributed by atoms with Crippen LogP contribution in [0.15, 0.2) is 36.4 Å². The Morgan fingerprint density at radius 3 is 2.69 bits per heavy atom. The minimum atomic E-state index is -0.165. The number of methoxy groups -OCH3 is 1. The van der Waals surface area contributed by atoms with Crippen molar-refractivity contribution in [3.63, 3.8) is 0 Å². The van der Waals surface area contributed by atoms with Crippen LogP contribution in [-0.4, -0.2) is 43.9 Å². The monoisotopic (exact) mass is 354 g/mol. The lowest BCUT2D eigenvalue weighted by Crippen LogP contribution is -2.29. The van der Waals surface area contributed by atoms with Crippen molar-refractivity contribution in [2.45, 2.75) is 37.8 Å². The highest BCUT2D eigenvalue weighted by atomic mass is 16.5. The van der Waals surface area contributed by atoms with Crippen molar-refractivity contribution in [2.24, 2.45) is 0 Å². The highest BCUT2D eigenvalue weighted by Gasteiger charge is 2.20. The summed E-state index contributed by atoms with van der Waals surface area (Å²) in [5.41, 5.74) is 0.747. The second kappa shape index (κ2) is 7.17. The van der Waals surface area contributed by atoms with Crippen LogP contribution in [0.5, 0.6) is 5.88 Å². The van der Waals surface area contributed by atoms with E-state index < -0.39 is 0 Å². The minimum Gasteiger partial charge on any atom is -0.481 e. The van der Waals surface area contributed by atoms with E-state index in [2.05, 4.69) is 25.7 Å². The third kappa shape index (κ3) is 3.55. The van der Waals surface area contributed by atoms with Crippen molar-refractivity contribution in [2.75, 3.05) is 17.7 Å². The number of ether oxygens (including phenoxy) is 1. The third-order valence-electron chi connectivity index (χ3n) is 4.58. The molecule has 136 valence electrons. The van der Waals surface area contributed by atoms with Crippen LogP contribution in [0.2, 0.25) is 0 Å². The van der Waals surface area contributed by atoms with E-state index in [9.17, 15) is 5.11 Å². The first-order valence-corrected chi connectivity index (χ1v) is 8.80. The normalized spacial score (nSPS) is 20.1. The Hall–Kier alpha value is -2.87. The molecule has 0 saturated heterocycles. The topological polar surface area (TPSA) is 96.6 Å². The molecule has 3 N–H and O–H groups in total. The first-order chi connectivity index (χ1) is 12.7. The van der Waals surface area contributed by atoms with Crippen molar-refractivity contribution in [3.8, 4) is 5.88 Å². The van der Waals surface area contributed by atoms with Crippen molar-refractivity contribution in [3.05, 3.63) is 36.4 Å². The van der Waals surface area contributed by atoms with Gasteiger partial charge in [0, 0.05) is 12.1 Å². The van der Waals surface area contributed by atoms with Crippen LogP contribution in [0.4, 0.5) is 17.6 Å². The number of aliphatic hydroxyl groups is 1. The number of aliphatic hydroxyl groups excluding tert-OH is 1. The second-order valence-electron chi connectivity index (χ2n) is 6.46. The van der Waals surface area contributed by atoms with Gasteiger partial charge in [-0.05, 0) is 43.9 Å². The van der Waals surface area contributed by atoms with E-state index >= 15 is 0 Å². The second-order valence-corrected chi connectivity index (χ2v) is 6.46. The highest BCUT2D eigenvalue weighted by Crippen LogP contribution is 2.23. The Kier molecular flexibility index (Phi) is 4.57. The lowest BCUT2D eigenvalue weighted by atomic mass is 9.93. The Morgan fingerprint density at radius 2 is 1.88 bits per heavy atom. The average Bonchev–Trinajstić information content (AvgIpc) is 3.07. The van der Waals surface area contributed by atoms with Gasteiger partial charge < -0.3 is 20.5 Å². The molecule has 0 amide bonds. The van der Waals surface area contributed by atoms with E-state index in [1.165, 1.54) is 0 Å². The van der Waals surface area contributed by atoms with Crippen LogP contribution in [0, 0.1) is 0 Å². The number of pyridine rings is 2. The maximum Gasteiger partial charge on any atom is 0.248 e. The maximum absolute atomic E-state index is 9.67. The molecule has 3 aromatic rings. The first-order valence-electron chi connectivity index (χ1n) is 8.80. The van der Waals surface area contributed by atoms with E-state index in [-0.39, 0.29) is 6.10 Å². The largest absolute Gasteiger partial charge is 0.481 e. The summed E-state index contributed by atoms with van der Waals surface area (Å²) in [4.78, 5) is 8.83. The molecule has 1 aliphatic carbocycles. The molecule has 8 heteroatoms. The Labute approximate surface area is 151 Å². The Morgan fingerprint density at radius 1 is 1.08 bits per heavy atom. The molecule has 8 nitrogen and oxygen atoms in total. The number of fused-ring (bicyclic) bond motifs is 1. The highest BCUT2D eigenvalue weighted by molar-refractivity contribution is 5.56. The fourth-order valence-corrected chi connectivity index (χ4v) is 3.21. The SMILES string of the molecule is COc1cccc(Nc2nc3cccc(N[C@H]4CC[C@@H](O)CC4)n3n2)n1.